The summed E-state index contributed by atoms with van der Waals surface area (Å²) in [5.41, 5.74) is 2.33. The zero-order valence-electron chi connectivity index (χ0n) is 10.1. The minimum atomic E-state index is 0.297. The van der Waals surface area contributed by atoms with E-state index in [2.05, 4.69) is 32.3 Å². The van der Waals surface area contributed by atoms with Crippen LogP contribution in [0.5, 0.6) is 5.88 Å². The molecule has 3 heterocycles. The van der Waals surface area contributed by atoms with Crippen molar-refractivity contribution >= 4 is 17.8 Å². The number of aromatic nitrogens is 4. The van der Waals surface area contributed by atoms with E-state index in [-0.39, 0.29) is 0 Å². The second-order valence-corrected chi connectivity index (χ2v) is 3.90. The summed E-state index contributed by atoms with van der Waals surface area (Å²) in [7, 11) is 0. The molecule has 0 aliphatic carbocycles. The predicted molar refractivity (Wildman–Crippen MR) is 75.0 cm³/mol. The van der Waals surface area contributed by atoms with Gasteiger partial charge in [-0.25, -0.2) is 4.98 Å². The molecule has 0 radical (unpaired) electrons. The molecule has 0 amide bonds. The first-order valence-corrected chi connectivity index (χ1v) is 6.16. The van der Waals surface area contributed by atoms with Crippen molar-refractivity contribution in [2.75, 3.05) is 0 Å². The van der Waals surface area contributed by atoms with E-state index < -0.39 is 0 Å². The number of rotatable bonds is 4. The highest BCUT2D eigenvalue weighted by atomic mass is 32.1. The Hall–Kier alpha value is -2.67. The van der Waals surface area contributed by atoms with Crippen LogP contribution >= 0.6 is 12.2 Å². The predicted octanol–water partition coefficient (Wildman–Crippen LogP) is 2.53. The Morgan fingerprint density at radius 2 is 2.00 bits per heavy atom. The lowest BCUT2D eigenvalue weighted by molar-refractivity contribution is 0.429. The molecule has 0 saturated carbocycles. The van der Waals surface area contributed by atoms with Gasteiger partial charge < -0.3 is 9.26 Å². The normalized spacial score (nSPS) is 10.2. The van der Waals surface area contributed by atoms with Gasteiger partial charge in [0.2, 0.25) is 11.7 Å². The Labute approximate surface area is 119 Å². The third kappa shape index (κ3) is 2.39. The van der Waals surface area contributed by atoms with Gasteiger partial charge in [-0.3, -0.25) is 4.98 Å². The van der Waals surface area contributed by atoms with Crippen LogP contribution in [0.1, 0.15) is 0 Å². The summed E-state index contributed by atoms with van der Waals surface area (Å²) in [4.78, 5) is 12.5. The van der Waals surface area contributed by atoms with E-state index in [4.69, 9.17) is 9.26 Å². The Balaban J connectivity index is 2.00. The second-order valence-electron chi connectivity index (χ2n) is 3.71. The number of hydrogen-bond acceptors (Lipinski definition) is 7. The van der Waals surface area contributed by atoms with Crippen LogP contribution in [0.2, 0.25) is 0 Å². The van der Waals surface area contributed by atoms with Crippen LogP contribution < -0.4 is 4.74 Å². The maximum atomic E-state index is 5.22. The summed E-state index contributed by atoms with van der Waals surface area (Å²) in [5.74, 6) is 1.02. The quantitative estimate of drug-likeness (QED) is 0.681. The first-order chi connectivity index (χ1) is 9.88. The number of hydrogen-bond donors (Lipinski definition) is 0. The molecule has 0 aliphatic heterocycles. The Morgan fingerprint density at radius 3 is 2.80 bits per heavy atom. The van der Waals surface area contributed by atoms with Crippen LogP contribution in [-0.2, 0) is 0 Å². The maximum absolute atomic E-state index is 5.22. The highest BCUT2D eigenvalue weighted by Crippen LogP contribution is 2.27. The molecule has 7 heteroatoms. The lowest BCUT2D eigenvalue weighted by atomic mass is 10.2. The molecule has 20 heavy (non-hydrogen) atoms. The fourth-order valence-electron chi connectivity index (χ4n) is 1.63. The van der Waals surface area contributed by atoms with Crippen molar-refractivity contribution in [3.63, 3.8) is 0 Å². The average molecular weight is 284 g/mol. The topological polar surface area (TPSA) is 73.9 Å². The van der Waals surface area contributed by atoms with E-state index in [1.165, 1.54) is 0 Å². The molecular weight excluding hydrogens is 276 g/mol. The lowest BCUT2D eigenvalue weighted by Gasteiger charge is -2.01. The smallest absolute Gasteiger partial charge is 0.263 e. The molecular formula is C13H8N4O2S. The minimum absolute atomic E-state index is 0.297. The van der Waals surface area contributed by atoms with Crippen LogP contribution in [0.25, 0.3) is 23.0 Å². The molecule has 6 nitrogen and oxygen atoms in total. The molecule has 0 saturated heterocycles. The van der Waals surface area contributed by atoms with Crippen LogP contribution in [0.4, 0.5) is 0 Å². The highest BCUT2D eigenvalue weighted by molar-refractivity contribution is 7.78. The molecule has 0 N–H and O–H groups in total. The van der Waals surface area contributed by atoms with Gasteiger partial charge in [0, 0.05) is 12.4 Å². The summed E-state index contributed by atoms with van der Waals surface area (Å²) in [6.45, 7) is 0. The van der Waals surface area contributed by atoms with Gasteiger partial charge in [-0.1, -0.05) is 11.2 Å². The molecule has 3 rings (SSSR count). The number of pyridine rings is 2. The SMILES string of the molecule is S=COc1ncccc1-c1nc(-c2ccccn2)no1. The number of nitrogens with zero attached hydrogens (tertiary/aromatic N) is 4. The monoisotopic (exact) mass is 284 g/mol. The molecule has 3 aromatic heterocycles. The van der Waals surface area contributed by atoms with Crippen molar-refractivity contribution in [3.05, 3.63) is 42.7 Å². The van der Waals surface area contributed by atoms with Crippen molar-refractivity contribution < 1.29 is 9.26 Å². The standard InChI is InChI=1S/C13H8N4O2S/c20-8-18-12-9(4-3-7-15-12)13-16-11(17-19-13)10-5-1-2-6-14-10/h1-8H. The molecule has 98 valence electrons. The highest BCUT2D eigenvalue weighted by Gasteiger charge is 2.15. The van der Waals surface area contributed by atoms with E-state index in [1.807, 2.05) is 12.1 Å². The van der Waals surface area contributed by atoms with E-state index >= 15 is 0 Å². The van der Waals surface area contributed by atoms with Crippen molar-refractivity contribution in [1.82, 2.24) is 20.1 Å². The fraction of sp³-hybridized carbons (Fsp3) is 0. The van der Waals surface area contributed by atoms with E-state index in [1.54, 1.807) is 30.6 Å². The van der Waals surface area contributed by atoms with Crippen LogP contribution in [0.3, 0.4) is 0 Å². The zero-order chi connectivity index (χ0) is 13.8. The Bertz CT molecular complexity index is 730. The lowest BCUT2D eigenvalue weighted by Crippen LogP contribution is -1.93. The molecule has 0 aliphatic rings. The molecule has 0 fully saturated rings. The average Bonchev–Trinajstić information content (AvgIpc) is 2.99. The Morgan fingerprint density at radius 1 is 1.10 bits per heavy atom. The molecule has 0 aromatic carbocycles. The van der Waals surface area contributed by atoms with Gasteiger partial charge >= 0.3 is 0 Å². The summed E-state index contributed by atoms with van der Waals surface area (Å²) >= 11 is 4.66. The first kappa shape index (κ1) is 12.4. The van der Waals surface area contributed by atoms with E-state index in [0.717, 1.165) is 5.55 Å². The second kappa shape index (κ2) is 5.54. The van der Waals surface area contributed by atoms with Crippen molar-refractivity contribution in [3.8, 4) is 28.9 Å². The molecule has 0 atom stereocenters. The molecule has 0 spiro atoms. The fourth-order valence-corrected chi connectivity index (χ4v) is 1.72. The van der Waals surface area contributed by atoms with Gasteiger partial charge in [0.1, 0.15) is 11.3 Å². The maximum Gasteiger partial charge on any atom is 0.263 e. The summed E-state index contributed by atoms with van der Waals surface area (Å²) < 4.78 is 10.4. The largest absolute Gasteiger partial charge is 0.434 e. The van der Waals surface area contributed by atoms with E-state index in [0.29, 0.717) is 28.9 Å². The van der Waals surface area contributed by atoms with Gasteiger partial charge in [-0.2, -0.15) is 4.98 Å². The summed E-state index contributed by atoms with van der Waals surface area (Å²) in [6, 6.07) is 8.97. The van der Waals surface area contributed by atoms with Crippen molar-refractivity contribution in [1.29, 1.82) is 0 Å². The summed E-state index contributed by atoms with van der Waals surface area (Å²) in [6.07, 6.45) is 3.25. The third-order valence-electron chi connectivity index (χ3n) is 2.48. The van der Waals surface area contributed by atoms with Gasteiger partial charge in [0.05, 0.1) is 0 Å². The van der Waals surface area contributed by atoms with Gasteiger partial charge in [0.25, 0.3) is 5.89 Å². The Kier molecular flexibility index (Phi) is 3.42. The molecule has 0 unspecified atom stereocenters. The van der Waals surface area contributed by atoms with E-state index in [9.17, 15) is 0 Å². The van der Waals surface area contributed by atoms with Crippen LogP contribution in [0.15, 0.2) is 47.2 Å². The van der Waals surface area contributed by atoms with Gasteiger partial charge in [-0.15, -0.1) is 0 Å². The van der Waals surface area contributed by atoms with Gasteiger partial charge in [-0.05, 0) is 36.5 Å². The van der Waals surface area contributed by atoms with Gasteiger partial charge in [0.15, 0.2) is 5.55 Å². The number of thiocarbonyl (C=S) groups is 1. The van der Waals surface area contributed by atoms with Crippen molar-refractivity contribution in [2.24, 2.45) is 0 Å². The zero-order valence-corrected chi connectivity index (χ0v) is 10.9. The third-order valence-corrected chi connectivity index (χ3v) is 2.58. The molecule has 3 aromatic rings. The molecule has 0 bridgehead atoms. The van der Waals surface area contributed by atoms with Crippen molar-refractivity contribution in [2.45, 2.75) is 0 Å². The summed E-state index contributed by atoms with van der Waals surface area (Å²) in [5, 5.41) is 3.90. The van der Waals surface area contributed by atoms with Crippen LogP contribution in [-0.4, -0.2) is 25.7 Å². The first-order valence-electron chi connectivity index (χ1n) is 5.69. The number of ether oxygens (including phenoxy) is 1. The van der Waals surface area contributed by atoms with Crippen LogP contribution in [0, 0.1) is 0 Å². The minimum Gasteiger partial charge on any atom is -0.434 e.